The smallest absolute Gasteiger partial charge is 0.347 e. The Morgan fingerprint density at radius 2 is 1.51 bits per heavy atom. The van der Waals surface area contributed by atoms with Crippen LogP contribution in [-0.2, 0) is 17.8 Å². The van der Waals surface area contributed by atoms with Crippen molar-refractivity contribution in [3.63, 3.8) is 0 Å². The number of rotatable bonds is 9. The van der Waals surface area contributed by atoms with E-state index in [1.54, 1.807) is 23.9 Å². The van der Waals surface area contributed by atoms with E-state index < -0.39 is 0 Å². The molecule has 0 aliphatic carbocycles. The number of aromatic nitrogens is 3. The van der Waals surface area contributed by atoms with Crippen molar-refractivity contribution < 1.29 is 9.47 Å². The van der Waals surface area contributed by atoms with Gasteiger partial charge in [0, 0.05) is 19.7 Å². The van der Waals surface area contributed by atoms with Crippen molar-refractivity contribution in [2.75, 3.05) is 39.3 Å². The molecule has 0 atom stereocenters. The molecule has 1 aliphatic heterocycles. The summed E-state index contributed by atoms with van der Waals surface area (Å²) in [5, 5.41) is 0. The van der Waals surface area contributed by atoms with Crippen molar-refractivity contribution in [2.45, 2.75) is 25.9 Å². The quantitative estimate of drug-likeness (QED) is 0.297. The monoisotopic (exact) mass is 473 g/mol. The lowest BCUT2D eigenvalue weighted by atomic mass is 10.0. The fourth-order valence-electron chi connectivity index (χ4n) is 4.61. The van der Waals surface area contributed by atoms with Gasteiger partial charge >= 0.3 is 5.69 Å². The third-order valence-electron chi connectivity index (χ3n) is 6.55. The first-order chi connectivity index (χ1) is 17.1. The molecular formula is C27H31N5O3. The van der Waals surface area contributed by atoms with Gasteiger partial charge in [-0.25, -0.2) is 14.5 Å². The molecule has 2 aromatic heterocycles. The molecule has 0 radical (unpaired) electrons. The minimum absolute atomic E-state index is 0.298. The van der Waals surface area contributed by atoms with E-state index in [9.17, 15) is 4.79 Å². The SMILES string of the molecule is COCCOc1cc2c(cn1)n(N)c(=O)n2Cc1ccc(-c2ccc(CN3CCCC3)cc2)cc1. The minimum atomic E-state index is -0.298. The van der Waals surface area contributed by atoms with Crippen LogP contribution in [0.5, 0.6) is 5.88 Å². The molecule has 0 spiro atoms. The maximum atomic E-state index is 12.8. The van der Waals surface area contributed by atoms with E-state index in [2.05, 4.69) is 58.4 Å². The van der Waals surface area contributed by atoms with Gasteiger partial charge in [-0.2, -0.15) is 0 Å². The first-order valence-electron chi connectivity index (χ1n) is 12.0. The Bertz CT molecular complexity index is 1340. The molecule has 4 aromatic rings. The number of hydrogen-bond donors (Lipinski definition) is 1. The highest BCUT2D eigenvalue weighted by Crippen LogP contribution is 2.23. The molecule has 3 heterocycles. The Morgan fingerprint density at radius 3 is 2.14 bits per heavy atom. The fourth-order valence-corrected chi connectivity index (χ4v) is 4.61. The van der Waals surface area contributed by atoms with Crippen molar-refractivity contribution in [1.29, 1.82) is 0 Å². The van der Waals surface area contributed by atoms with Gasteiger partial charge in [-0.05, 0) is 48.2 Å². The van der Waals surface area contributed by atoms with Crippen LogP contribution >= 0.6 is 0 Å². The number of imidazole rings is 1. The average Bonchev–Trinajstić information content (AvgIpc) is 3.48. The standard InChI is InChI=1S/C27H31N5O3/c1-34-14-15-35-26-16-24-25(17-29-26)32(28)27(33)31(24)19-21-6-10-23(11-7-21)22-8-4-20(5-9-22)18-30-12-2-3-13-30/h4-11,16-17H,2-3,12-15,18-19,28H2,1H3. The summed E-state index contributed by atoms with van der Waals surface area (Å²) in [5.41, 5.74) is 5.62. The largest absolute Gasteiger partial charge is 0.475 e. The normalized spacial score (nSPS) is 14.1. The van der Waals surface area contributed by atoms with Crippen molar-refractivity contribution in [1.82, 2.24) is 19.1 Å². The van der Waals surface area contributed by atoms with Crippen LogP contribution < -0.4 is 16.3 Å². The molecule has 1 saturated heterocycles. The average molecular weight is 474 g/mol. The van der Waals surface area contributed by atoms with Crippen LogP contribution in [-0.4, -0.2) is 52.5 Å². The summed E-state index contributed by atoms with van der Waals surface area (Å²) in [4.78, 5) is 19.6. The van der Waals surface area contributed by atoms with Crippen LogP contribution in [0.25, 0.3) is 22.2 Å². The van der Waals surface area contributed by atoms with Gasteiger partial charge in [0.2, 0.25) is 5.88 Å². The van der Waals surface area contributed by atoms with E-state index in [1.807, 2.05) is 0 Å². The van der Waals surface area contributed by atoms with Crippen molar-refractivity contribution in [3.8, 4) is 17.0 Å². The zero-order valence-corrected chi connectivity index (χ0v) is 20.0. The number of nitrogen functional groups attached to an aromatic ring is 1. The van der Waals surface area contributed by atoms with E-state index in [1.165, 1.54) is 37.1 Å². The number of hydrogen-bond acceptors (Lipinski definition) is 6. The lowest BCUT2D eigenvalue weighted by Crippen LogP contribution is -2.29. The van der Waals surface area contributed by atoms with Crippen LogP contribution in [0.15, 0.2) is 65.6 Å². The highest BCUT2D eigenvalue weighted by Gasteiger charge is 2.14. The van der Waals surface area contributed by atoms with Gasteiger partial charge in [0.25, 0.3) is 0 Å². The molecule has 2 aromatic carbocycles. The first kappa shape index (κ1) is 23.1. The molecule has 1 aliphatic rings. The Kier molecular flexibility index (Phi) is 6.83. The lowest BCUT2D eigenvalue weighted by Gasteiger charge is -2.14. The summed E-state index contributed by atoms with van der Waals surface area (Å²) in [5.74, 6) is 6.44. The predicted molar refractivity (Wildman–Crippen MR) is 137 cm³/mol. The van der Waals surface area contributed by atoms with Gasteiger partial charge in [0.05, 0.1) is 24.9 Å². The zero-order valence-electron chi connectivity index (χ0n) is 20.0. The number of fused-ring (bicyclic) bond motifs is 1. The molecule has 0 bridgehead atoms. The van der Waals surface area contributed by atoms with Gasteiger partial charge in [-0.3, -0.25) is 9.47 Å². The second-order valence-electron chi connectivity index (χ2n) is 8.97. The van der Waals surface area contributed by atoms with E-state index in [4.69, 9.17) is 15.3 Å². The Hall–Kier alpha value is -3.62. The minimum Gasteiger partial charge on any atom is -0.475 e. The van der Waals surface area contributed by atoms with Crippen LogP contribution in [0, 0.1) is 0 Å². The van der Waals surface area contributed by atoms with Crippen LogP contribution in [0.1, 0.15) is 24.0 Å². The van der Waals surface area contributed by atoms with Crippen molar-refractivity contribution in [2.24, 2.45) is 0 Å². The molecule has 0 saturated carbocycles. The maximum absolute atomic E-state index is 12.8. The highest BCUT2D eigenvalue weighted by atomic mass is 16.5. The summed E-state index contributed by atoms with van der Waals surface area (Å²) in [6, 6.07) is 18.9. The summed E-state index contributed by atoms with van der Waals surface area (Å²) in [6.07, 6.45) is 4.18. The maximum Gasteiger partial charge on any atom is 0.347 e. The molecule has 182 valence electrons. The number of nitrogens with two attached hydrogens (primary N) is 1. The fraction of sp³-hybridized carbons (Fsp3) is 0.333. The third kappa shape index (κ3) is 5.08. The molecule has 35 heavy (non-hydrogen) atoms. The third-order valence-corrected chi connectivity index (χ3v) is 6.55. The number of pyridine rings is 1. The Balaban J connectivity index is 1.32. The molecule has 5 rings (SSSR count). The second kappa shape index (κ2) is 10.3. The number of benzene rings is 2. The van der Waals surface area contributed by atoms with Gasteiger partial charge in [0.15, 0.2) is 0 Å². The summed E-state index contributed by atoms with van der Waals surface area (Å²) >= 11 is 0. The zero-order chi connectivity index (χ0) is 24.2. The summed E-state index contributed by atoms with van der Waals surface area (Å²) in [7, 11) is 1.61. The van der Waals surface area contributed by atoms with E-state index >= 15 is 0 Å². The van der Waals surface area contributed by atoms with E-state index in [0.717, 1.165) is 22.3 Å². The van der Waals surface area contributed by atoms with Crippen LogP contribution in [0.3, 0.4) is 0 Å². The van der Waals surface area contributed by atoms with E-state index in [0.29, 0.717) is 36.7 Å². The van der Waals surface area contributed by atoms with Crippen LogP contribution in [0.4, 0.5) is 0 Å². The second-order valence-corrected chi connectivity index (χ2v) is 8.97. The summed E-state index contributed by atoms with van der Waals surface area (Å²) in [6.45, 7) is 4.66. The van der Waals surface area contributed by atoms with Crippen LogP contribution in [0.2, 0.25) is 0 Å². The highest BCUT2D eigenvalue weighted by molar-refractivity contribution is 5.76. The molecule has 0 amide bonds. The Morgan fingerprint density at radius 1 is 0.886 bits per heavy atom. The summed E-state index contributed by atoms with van der Waals surface area (Å²) < 4.78 is 13.4. The number of methoxy groups -OCH3 is 1. The molecule has 8 nitrogen and oxygen atoms in total. The Labute approximate surface area is 204 Å². The van der Waals surface area contributed by atoms with Gasteiger partial charge < -0.3 is 15.3 Å². The number of nitrogens with zero attached hydrogens (tertiary/aromatic N) is 4. The van der Waals surface area contributed by atoms with Gasteiger partial charge in [0.1, 0.15) is 12.1 Å². The molecule has 0 unspecified atom stereocenters. The molecule has 1 fully saturated rings. The van der Waals surface area contributed by atoms with Gasteiger partial charge in [-0.1, -0.05) is 48.5 Å². The van der Waals surface area contributed by atoms with E-state index in [-0.39, 0.29) is 5.69 Å². The molecule has 8 heteroatoms. The van der Waals surface area contributed by atoms with Crippen molar-refractivity contribution in [3.05, 3.63) is 82.4 Å². The van der Waals surface area contributed by atoms with Crippen molar-refractivity contribution >= 4 is 11.0 Å². The first-order valence-corrected chi connectivity index (χ1v) is 12.0. The lowest BCUT2D eigenvalue weighted by molar-refractivity contribution is 0.144. The topological polar surface area (TPSA) is 87.5 Å². The predicted octanol–water partition coefficient (Wildman–Crippen LogP) is 3.25. The molecular weight excluding hydrogens is 442 g/mol. The van der Waals surface area contributed by atoms with Gasteiger partial charge in [-0.15, -0.1) is 0 Å². The number of likely N-dealkylation sites (tertiary alicyclic amines) is 1. The number of ether oxygens (including phenoxy) is 2. The molecule has 2 N–H and O–H groups in total.